The van der Waals surface area contributed by atoms with E-state index < -0.39 is 7.60 Å². The van der Waals surface area contributed by atoms with Gasteiger partial charge in [0.15, 0.2) is 0 Å². The van der Waals surface area contributed by atoms with Crippen LogP contribution in [0, 0.1) is 0 Å². The van der Waals surface area contributed by atoms with Crippen molar-refractivity contribution in [2.45, 2.75) is 0 Å². The van der Waals surface area contributed by atoms with Crippen LogP contribution in [0.5, 0.6) is 0 Å². The van der Waals surface area contributed by atoms with E-state index in [1.54, 1.807) is 0 Å². The summed E-state index contributed by atoms with van der Waals surface area (Å²) in [5.74, 6) is 0.604. The van der Waals surface area contributed by atoms with E-state index in [1.807, 2.05) is 0 Å². The van der Waals surface area contributed by atoms with Crippen molar-refractivity contribution >= 4 is 59.0 Å². The van der Waals surface area contributed by atoms with Gasteiger partial charge in [0.05, 0.1) is 0 Å². The Balaban J connectivity index is 0. The molecule has 0 heterocycles. The summed E-state index contributed by atoms with van der Waals surface area (Å²) in [7, 11) is -3.88. The quantitative estimate of drug-likeness (QED) is 0.395. The summed E-state index contributed by atoms with van der Waals surface area (Å²) in [6.07, 6.45) is 0. The van der Waals surface area contributed by atoms with Gasteiger partial charge in [0.1, 0.15) is 0 Å². The Morgan fingerprint density at radius 2 is 1.71 bits per heavy atom. The summed E-state index contributed by atoms with van der Waals surface area (Å²) < 4.78 is 9.58. The Bertz CT molecular complexity index is 95.1. The first-order valence-electron chi connectivity index (χ1n) is 1.25. The maximum atomic E-state index is 9.58. The summed E-state index contributed by atoms with van der Waals surface area (Å²) in [6.45, 7) is 2.87. The molecule has 2 N–H and O–H groups in total. The topological polar surface area (TPSA) is 57.5 Å². The van der Waals surface area contributed by atoms with Gasteiger partial charge in [-0.25, -0.2) is 0 Å². The van der Waals surface area contributed by atoms with Gasteiger partial charge in [-0.15, -0.1) is 0 Å². The molecule has 38 valence electrons. The van der Waals surface area contributed by atoms with Gasteiger partial charge in [-0.1, -0.05) is 6.58 Å². The van der Waals surface area contributed by atoms with Gasteiger partial charge in [-0.2, -0.15) is 0 Å². The fraction of sp³-hybridized carbons (Fsp3) is 0. The molecule has 5 heteroatoms. The molecule has 0 aromatic rings. The summed E-state index contributed by atoms with van der Waals surface area (Å²) in [5, 5.41) is 0. The molecule has 0 aromatic heterocycles. The van der Waals surface area contributed by atoms with Crippen molar-refractivity contribution in [2.75, 3.05) is 0 Å². The van der Waals surface area contributed by atoms with Gasteiger partial charge in [0.25, 0.3) is 0 Å². The van der Waals surface area contributed by atoms with E-state index in [9.17, 15) is 4.57 Å². The molecule has 0 aliphatic rings. The standard InChI is InChI=1S/C2H5O3P.K.H/c1-2-6(3,4)5;;/h2H,1H2,(H2,3,4,5);;. The fourth-order valence-electron chi connectivity index (χ4n) is 0. The monoisotopic (exact) mass is 148 g/mol. The van der Waals surface area contributed by atoms with Crippen LogP contribution in [-0.4, -0.2) is 61.2 Å². The molecule has 0 fully saturated rings. The Morgan fingerprint density at radius 1 is 1.57 bits per heavy atom. The maximum absolute atomic E-state index is 9.58. The Kier molecular flexibility index (Phi) is 7.14. The Hall–Kier alpha value is 1.53. The molecule has 7 heavy (non-hydrogen) atoms. The van der Waals surface area contributed by atoms with Crippen LogP contribution >= 0.6 is 7.60 Å². The zero-order chi connectivity index (χ0) is 5.21. The molecule has 0 aliphatic carbocycles. The molecule has 0 rings (SSSR count). The van der Waals surface area contributed by atoms with Crippen LogP contribution < -0.4 is 0 Å². The average Bonchev–Trinajstić information content (AvgIpc) is 1.35. The molecule has 0 radical (unpaired) electrons. The molecule has 0 aromatic carbocycles. The summed E-state index contributed by atoms with van der Waals surface area (Å²) in [4.78, 5) is 15.6. The first-order chi connectivity index (χ1) is 2.56. The van der Waals surface area contributed by atoms with E-state index in [1.165, 1.54) is 0 Å². The van der Waals surface area contributed by atoms with Gasteiger partial charge >= 0.3 is 59.0 Å². The molecule has 0 bridgehead atoms. The van der Waals surface area contributed by atoms with Crippen LogP contribution in [0.1, 0.15) is 0 Å². The molecule has 0 spiro atoms. The second-order valence-electron chi connectivity index (χ2n) is 0.772. The van der Waals surface area contributed by atoms with Crippen molar-refractivity contribution in [3.63, 3.8) is 0 Å². The minimum atomic E-state index is -3.88. The van der Waals surface area contributed by atoms with Crippen molar-refractivity contribution in [3.8, 4) is 0 Å². The minimum absolute atomic E-state index is 0. The van der Waals surface area contributed by atoms with Crippen molar-refractivity contribution in [1.29, 1.82) is 0 Å². The molecule has 0 unspecified atom stereocenters. The predicted molar refractivity (Wildman–Crippen MR) is 29.4 cm³/mol. The SMILES string of the molecule is C=CP(=O)(O)O.[KH]. The van der Waals surface area contributed by atoms with E-state index in [4.69, 9.17) is 9.79 Å². The third-order valence-electron chi connectivity index (χ3n) is 0.238. The molecule has 0 aliphatic heterocycles. The van der Waals surface area contributed by atoms with Crippen LogP contribution in [0.15, 0.2) is 12.4 Å². The van der Waals surface area contributed by atoms with Crippen LogP contribution in [0.3, 0.4) is 0 Å². The summed E-state index contributed by atoms with van der Waals surface area (Å²) in [6, 6.07) is 0. The van der Waals surface area contributed by atoms with Gasteiger partial charge in [0, 0.05) is 5.82 Å². The molecular formula is C2H6KO3P. The molecule has 0 amide bonds. The van der Waals surface area contributed by atoms with Gasteiger partial charge in [0.2, 0.25) is 0 Å². The van der Waals surface area contributed by atoms with Crippen LogP contribution in [0.25, 0.3) is 0 Å². The molecule has 0 saturated carbocycles. The first-order valence-corrected chi connectivity index (χ1v) is 2.93. The fourth-order valence-corrected chi connectivity index (χ4v) is 0. The van der Waals surface area contributed by atoms with Gasteiger partial charge < -0.3 is 9.79 Å². The predicted octanol–water partition coefficient (Wildman–Crippen LogP) is -0.341. The number of rotatable bonds is 1. The van der Waals surface area contributed by atoms with E-state index >= 15 is 0 Å². The van der Waals surface area contributed by atoms with Crippen LogP contribution in [0.4, 0.5) is 0 Å². The van der Waals surface area contributed by atoms with Crippen molar-refractivity contribution in [3.05, 3.63) is 12.4 Å². The third-order valence-corrected chi connectivity index (χ3v) is 0.714. The summed E-state index contributed by atoms with van der Waals surface area (Å²) >= 11 is 0. The van der Waals surface area contributed by atoms with Gasteiger partial charge in [-0.05, 0) is 0 Å². The zero-order valence-electron chi connectivity index (χ0n) is 3.03. The Labute approximate surface area is 84.4 Å². The molecule has 0 atom stereocenters. The van der Waals surface area contributed by atoms with Gasteiger partial charge in [-0.3, -0.25) is 4.57 Å². The summed E-state index contributed by atoms with van der Waals surface area (Å²) in [5.41, 5.74) is 0. The van der Waals surface area contributed by atoms with Crippen molar-refractivity contribution < 1.29 is 14.4 Å². The van der Waals surface area contributed by atoms with E-state index in [2.05, 4.69) is 6.58 Å². The number of hydrogen-bond acceptors (Lipinski definition) is 1. The third kappa shape index (κ3) is 11.2. The van der Waals surface area contributed by atoms with Crippen LogP contribution in [0.2, 0.25) is 0 Å². The first kappa shape index (κ1) is 11.3. The number of hydrogen-bond donors (Lipinski definition) is 2. The van der Waals surface area contributed by atoms with E-state index in [0.29, 0.717) is 5.82 Å². The van der Waals surface area contributed by atoms with E-state index in [0.717, 1.165) is 0 Å². The zero-order valence-corrected chi connectivity index (χ0v) is 3.93. The van der Waals surface area contributed by atoms with Crippen molar-refractivity contribution in [2.24, 2.45) is 0 Å². The van der Waals surface area contributed by atoms with E-state index in [-0.39, 0.29) is 51.4 Å². The second kappa shape index (κ2) is 4.41. The Morgan fingerprint density at radius 3 is 1.71 bits per heavy atom. The molecule has 3 nitrogen and oxygen atoms in total. The molecular weight excluding hydrogens is 142 g/mol. The van der Waals surface area contributed by atoms with Crippen LogP contribution in [-0.2, 0) is 4.57 Å². The molecule has 0 saturated heterocycles. The van der Waals surface area contributed by atoms with Crippen molar-refractivity contribution in [1.82, 2.24) is 0 Å². The average molecular weight is 148 g/mol. The normalized spacial score (nSPS) is 9.43. The second-order valence-corrected chi connectivity index (χ2v) is 2.31.